The van der Waals surface area contributed by atoms with Gasteiger partial charge < -0.3 is 20.7 Å². The lowest BCUT2D eigenvalue weighted by atomic mass is 9.97. The maximum absolute atomic E-state index is 13.0. The summed E-state index contributed by atoms with van der Waals surface area (Å²) in [5.74, 6) is 0.333. The average Bonchev–Trinajstić information content (AvgIpc) is 2.91. The van der Waals surface area contributed by atoms with E-state index in [-0.39, 0.29) is 23.9 Å². The van der Waals surface area contributed by atoms with Crippen molar-refractivity contribution in [3.05, 3.63) is 0 Å². The van der Waals surface area contributed by atoms with E-state index < -0.39 is 12.1 Å². The van der Waals surface area contributed by atoms with Gasteiger partial charge in [0.15, 0.2) is 0 Å². The molecule has 0 unspecified atom stereocenters. The number of rotatable bonds is 5. The molecule has 4 atom stereocenters. The minimum atomic E-state index is -0.620. The van der Waals surface area contributed by atoms with Crippen molar-refractivity contribution in [2.24, 2.45) is 16.6 Å². The maximum atomic E-state index is 13.0. The number of likely N-dealkylation sites (tertiary alicyclic amines) is 1. The molecule has 0 aromatic carbocycles. The van der Waals surface area contributed by atoms with Crippen LogP contribution in [0, 0.1) is 5.92 Å². The van der Waals surface area contributed by atoms with Gasteiger partial charge in [0.05, 0.1) is 13.2 Å². The Hall–Kier alpha value is -1.79. The highest BCUT2D eigenvalue weighted by Gasteiger charge is 2.41. The van der Waals surface area contributed by atoms with E-state index in [1.54, 1.807) is 11.9 Å². The van der Waals surface area contributed by atoms with Gasteiger partial charge in [0, 0.05) is 13.1 Å². The zero-order valence-corrected chi connectivity index (χ0v) is 14.1. The second-order valence-corrected chi connectivity index (χ2v) is 5.84. The first-order valence-corrected chi connectivity index (χ1v) is 7.76. The smallest absolute Gasteiger partial charge is 0.407 e. The number of aliphatic imine (C=N–C) groups is 1. The number of carbonyl (C=O) groups excluding carboxylic acids is 2. The molecule has 22 heavy (non-hydrogen) atoms. The zero-order chi connectivity index (χ0) is 16.9. The fourth-order valence-corrected chi connectivity index (χ4v) is 2.82. The lowest BCUT2D eigenvalue weighted by Crippen LogP contribution is -2.56. The van der Waals surface area contributed by atoms with E-state index in [1.807, 2.05) is 20.8 Å². The largest absolute Gasteiger partial charge is 0.453 e. The van der Waals surface area contributed by atoms with Crippen LogP contribution in [0.2, 0.25) is 0 Å². The van der Waals surface area contributed by atoms with Crippen LogP contribution in [0.1, 0.15) is 40.0 Å². The molecule has 0 aliphatic carbocycles. The van der Waals surface area contributed by atoms with Gasteiger partial charge in [-0.15, -0.1) is 0 Å². The van der Waals surface area contributed by atoms with Crippen molar-refractivity contribution in [2.45, 2.75) is 58.2 Å². The minimum absolute atomic E-state index is 0.000148. The number of hydrogen-bond donors (Lipinski definition) is 2. The van der Waals surface area contributed by atoms with E-state index in [0.717, 1.165) is 19.3 Å². The SMILES string of the molecule is CC[C@H](C)[C@H](NC(=O)OC)C(=O)N1[C@@H](C)CC[C@H]1C(N)=NC. The Balaban J connectivity index is 3.02. The Bertz CT molecular complexity index is 439. The number of carbonyl (C=O) groups is 2. The molecular formula is C15H28N4O3. The number of nitrogens with two attached hydrogens (primary N) is 1. The van der Waals surface area contributed by atoms with E-state index >= 15 is 0 Å². The molecule has 0 saturated carbocycles. The first-order valence-electron chi connectivity index (χ1n) is 7.76. The normalized spacial score (nSPS) is 24.8. The van der Waals surface area contributed by atoms with Crippen LogP contribution >= 0.6 is 0 Å². The summed E-state index contributed by atoms with van der Waals surface area (Å²) in [5, 5.41) is 2.66. The summed E-state index contributed by atoms with van der Waals surface area (Å²) in [6.07, 6.45) is 1.84. The van der Waals surface area contributed by atoms with Crippen LogP contribution in [0.15, 0.2) is 4.99 Å². The lowest BCUT2D eigenvalue weighted by molar-refractivity contribution is -0.136. The molecule has 7 nitrogen and oxygen atoms in total. The average molecular weight is 312 g/mol. The molecule has 1 rings (SSSR count). The number of hydrogen-bond acceptors (Lipinski definition) is 4. The van der Waals surface area contributed by atoms with Crippen LogP contribution < -0.4 is 11.1 Å². The number of nitrogens with zero attached hydrogens (tertiary/aromatic N) is 2. The number of ether oxygens (including phenoxy) is 1. The van der Waals surface area contributed by atoms with Gasteiger partial charge in [0.25, 0.3) is 0 Å². The van der Waals surface area contributed by atoms with Crippen LogP contribution in [0.5, 0.6) is 0 Å². The molecule has 1 fully saturated rings. The Labute approximate surface area is 132 Å². The lowest BCUT2D eigenvalue weighted by Gasteiger charge is -2.33. The van der Waals surface area contributed by atoms with Crippen molar-refractivity contribution in [1.82, 2.24) is 10.2 Å². The third kappa shape index (κ3) is 3.90. The highest BCUT2D eigenvalue weighted by atomic mass is 16.5. The number of amides is 2. The Morgan fingerprint density at radius 3 is 2.59 bits per heavy atom. The number of alkyl carbamates (subject to hydrolysis) is 1. The maximum Gasteiger partial charge on any atom is 0.407 e. The van der Waals surface area contributed by atoms with E-state index in [9.17, 15) is 9.59 Å². The zero-order valence-electron chi connectivity index (χ0n) is 14.1. The summed E-state index contributed by atoms with van der Waals surface area (Å²) in [7, 11) is 2.91. The van der Waals surface area contributed by atoms with Crippen LogP contribution in [0.25, 0.3) is 0 Å². The van der Waals surface area contributed by atoms with Crippen molar-refractivity contribution in [2.75, 3.05) is 14.2 Å². The van der Waals surface area contributed by atoms with Gasteiger partial charge in [-0.3, -0.25) is 9.79 Å². The minimum Gasteiger partial charge on any atom is -0.453 e. The molecule has 0 spiro atoms. The molecule has 0 bridgehead atoms. The molecule has 1 heterocycles. The van der Waals surface area contributed by atoms with Gasteiger partial charge in [0.1, 0.15) is 11.9 Å². The van der Waals surface area contributed by atoms with E-state index in [1.165, 1.54) is 7.11 Å². The van der Waals surface area contributed by atoms with Gasteiger partial charge in [0.2, 0.25) is 5.91 Å². The topological polar surface area (TPSA) is 97.0 Å². The van der Waals surface area contributed by atoms with Gasteiger partial charge >= 0.3 is 6.09 Å². The predicted octanol–water partition coefficient (Wildman–Crippen LogP) is 1.12. The summed E-state index contributed by atoms with van der Waals surface area (Å²) in [6.45, 7) is 5.91. The van der Waals surface area contributed by atoms with Crippen molar-refractivity contribution >= 4 is 17.8 Å². The van der Waals surface area contributed by atoms with Crippen molar-refractivity contribution in [3.63, 3.8) is 0 Å². The van der Waals surface area contributed by atoms with Crippen LogP contribution in [-0.4, -0.2) is 55.0 Å². The molecular weight excluding hydrogens is 284 g/mol. The molecule has 1 aliphatic heterocycles. The third-order valence-corrected chi connectivity index (χ3v) is 4.46. The fraction of sp³-hybridized carbons (Fsp3) is 0.800. The third-order valence-electron chi connectivity index (χ3n) is 4.46. The summed E-state index contributed by atoms with van der Waals surface area (Å²) in [4.78, 5) is 30.3. The Kier molecular flexibility index (Phi) is 6.64. The number of nitrogens with one attached hydrogen (secondary N) is 1. The summed E-state index contributed by atoms with van der Waals surface area (Å²) in [5.41, 5.74) is 5.95. The van der Waals surface area contributed by atoms with Crippen LogP contribution in [0.4, 0.5) is 4.79 Å². The summed E-state index contributed by atoms with van der Waals surface area (Å²) < 4.78 is 4.64. The monoisotopic (exact) mass is 312 g/mol. The molecule has 0 radical (unpaired) electrons. The summed E-state index contributed by atoms with van der Waals surface area (Å²) >= 11 is 0. The second-order valence-electron chi connectivity index (χ2n) is 5.84. The highest BCUT2D eigenvalue weighted by Crippen LogP contribution is 2.26. The van der Waals surface area contributed by atoms with Crippen molar-refractivity contribution < 1.29 is 14.3 Å². The standard InChI is InChI=1S/C15H28N4O3/c1-6-9(2)12(18-15(21)22-5)14(20)19-10(3)7-8-11(19)13(16)17-4/h9-12H,6-8H2,1-5H3,(H2,16,17)(H,18,21)/t9-,10-,11-,12-/m0/s1. The van der Waals surface area contributed by atoms with Crippen LogP contribution in [0.3, 0.4) is 0 Å². The molecule has 1 saturated heterocycles. The fourth-order valence-electron chi connectivity index (χ4n) is 2.82. The predicted molar refractivity (Wildman–Crippen MR) is 85.7 cm³/mol. The molecule has 1 aliphatic rings. The first-order chi connectivity index (χ1) is 10.4. The number of amidine groups is 1. The van der Waals surface area contributed by atoms with Crippen molar-refractivity contribution in [1.29, 1.82) is 0 Å². The van der Waals surface area contributed by atoms with Crippen LogP contribution in [-0.2, 0) is 9.53 Å². The molecule has 0 aromatic heterocycles. The van der Waals surface area contributed by atoms with Gasteiger partial charge in [-0.05, 0) is 25.7 Å². The summed E-state index contributed by atoms with van der Waals surface area (Å²) in [6, 6.07) is -0.743. The molecule has 0 aromatic rings. The number of methoxy groups -OCH3 is 1. The quantitative estimate of drug-likeness (QED) is 0.587. The second kappa shape index (κ2) is 8.00. The van der Waals surface area contributed by atoms with Gasteiger partial charge in [-0.25, -0.2) is 4.79 Å². The van der Waals surface area contributed by atoms with E-state index in [2.05, 4.69) is 15.0 Å². The molecule has 7 heteroatoms. The van der Waals surface area contributed by atoms with Gasteiger partial charge in [-0.1, -0.05) is 20.3 Å². The first kappa shape index (κ1) is 18.3. The molecule has 126 valence electrons. The Morgan fingerprint density at radius 1 is 1.45 bits per heavy atom. The van der Waals surface area contributed by atoms with E-state index in [0.29, 0.717) is 5.84 Å². The molecule has 3 N–H and O–H groups in total. The Morgan fingerprint density at radius 2 is 2.09 bits per heavy atom. The molecule has 2 amide bonds. The highest BCUT2D eigenvalue weighted by molar-refractivity contribution is 5.93. The van der Waals surface area contributed by atoms with Gasteiger partial charge in [-0.2, -0.15) is 0 Å². The van der Waals surface area contributed by atoms with E-state index in [4.69, 9.17) is 5.73 Å². The van der Waals surface area contributed by atoms with Crippen molar-refractivity contribution in [3.8, 4) is 0 Å².